The zero-order valence-corrected chi connectivity index (χ0v) is 25.3. The van der Waals surface area contributed by atoms with E-state index in [0.717, 1.165) is 39.0 Å². The highest BCUT2D eigenvalue weighted by Crippen LogP contribution is 2.52. The lowest BCUT2D eigenvalue weighted by atomic mass is 9.80. The Labute approximate surface area is 262 Å². The van der Waals surface area contributed by atoms with Crippen LogP contribution in [0.2, 0.25) is 0 Å². The van der Waals surface area contributed by atoms with Gasteiger partial charge in [-0.15, -0.1) is 0 Å². The normalized spacial score (nSPS) is 13.3. The number of rotatable bonds is 4. The molecule has 0 fully saturated rings. The van der Waals surface area contributed by atoms with Gasteiger partial charge in [-0.25, -0.2) is 0 Å². The second-order valence-corrected chi connectivity index (χ2v) is 12.6. The largest absolute Gasteiger partial charge is 0.456 e. The Hall–Kier alpha value is -5.60. The summed E-state index contributed by atoms with van der Waals surface area (Å²) in [5, 5.41) is 4.80. The molecule has 0 saturated carbocycles. The quantitative estimate of drug-likeness (QED) is 0.207. The highest BCUT2D eigenvalue weighted by molar-refractivity contribution is 6.07. The molecule has 1 aliphatic rings. The van der Waals surface area contributed by atoms with Gasteiger partial charge in [-0.1, -0.05) is 117 Å². The maximum Gasteiger partial charge on any atom is 0.135 e. The van der Waals surface area contributed by atoms with Crippen LogP contribution in [0.4, 0.5) is 17.1 Å². The van der Waals surface area contributed by atoms with Crippen LogP contribution in [-0.4, -0.2) is 0 Å². The molecule has 7 aromatic carbocycles. The molecule has 45 heavy (non-hydrogen) atoms. The fraction of sp³-hybridized carbons (Fsp3) is 0.0698. The van der Waals surface area contributed by atoms with Crippen molar-refractivity contribution in [2.24, 2.45) is 0 Å². The maximum absolute atomic E-state index is 6.19. The Kier molecular flexibility index (Phi) is 5.58. The second-order valence-electron chi connectivity index (χ2n) is 12.6. The molecule has 9 rings (SSSR count). The summed E-state index contributed by atoms with van der Waals surface area (Å²) < 4.78 is 6.19. The highest BCUT2D eigenvalue weighted by atomic mass is 16.3. The summed E-state index contributed by atoms with van der Waals surface area (Å²) in [5.41, 5.74) is 13.0. The van der Waals surface area contributed by atoms with Crippen LogP contribution in [0.3, 0.4) is 0 Å². The van der Waals surface area contributed by atoms with E-state index >= 15 is 0 Å². The van der Waals surface area contributed by atoms with Crippen LogP contribution in [0, 0.1) is 0 Å². The van der Waals surface area contributed by atoms with Crippen LogP contribution >= 0.6 is 0 Å². The van der Waals surface area contributed by atoms with Gasteiger partial charge >= 0.3 is 0 Å². The van der Waals surface area contributed by atoms with Crippen molar-refractivity contribution in [3.05, 3.63) is 163 Å². The number of hydrogen-bond donors (Lipinski definition) is 0. The predicted octanol–water partition coefficient (Wildman–Crippen LogP) is 12.2. The molecule has 0 bridgehead atoms. The first-order valence-corrected chi connectivity index (χ1v) is 15.6. The molecule has 1 heterocycles. The molecule has 8 aromatic rings. The molecule has 0 atom stereocenters. The van der Waals surface area contributed by atoms with Crippen molar-refractivity contribution in [3.8, 4) is 22.3 Å². The summed E-state index contributed by atoms with van der Waals surface area (Å²) in [6, 6.07) is 54.7. The van der Waals surface area contributed by atoms with Crippen LogP contribution in [0.15, 0.2) is 156 Å². The zero-order valence-electron chi connectivity index (χ0n) is 25.3. The summed E-state index contributed by atoms with van der Waals surface area (Å²) in [5.74, 6) is 0. The van der Waals surface area contributed by atoms with Gasteiger partial charge in [0.25, 0.3) is 0 Å². The van der Waals surface area contributed by atoms with Crippen LogP contribution in [0.25, 0.3) is 55.0 Å². The lowest BCUT2D eigenvalue weighted by Gasteiger charge is -2.27. The van der Waals surface area contributed by atoms with Gasteiger partial charge in [-0.2, -0.15) is 0 Å². The van der Waals surface area contributed by atoms with Crippen molar-refractivity contribution >= 4 is 49.8 Å². The van der Waals surface area contributed by atoms with E-state index in [-0.39, 0.29) is 5.41 Å². The lowest BCUT2D eigenvalue weighted by molar-refractivity contribution is 0.666. The average Bonchev–Trinajstić information content (AvgIpc) is 3.57. The van der Waals surface area contributed by atoms with E-state index in [0.29, 0.717) is 0 Å². The molecular weight excluding hydrogens is 546 g/mol. The lowest BCUT2D eigenvalue weighted by Crippen LogP contribution is -2.15. The van der Waals surface area contributed by atoms with Gasteiger partial charge in [-0.05, 0) is 92.7 Å². The average molecular weight is 578 g/mol. The first-order valence-electron chi connectivity index (χ1n) is 15.6. The first kappa shape index (κ1) is 25.9. The van der Waals surface area contributed by atoms with Crippen LogP contribution in [0.5, 0.6) is 0 Å². The Bertz CT molecular complexity index is 2400. The van der Waals surface area contributed by atoms with E-state index in [1.165, 1.54) is 44.2 Å². The third-order valence-corrected chi connectivity index (χ3v) is 9.63. The molecule has 0 radical (unpaired) electrons. The van der Waals surface area contributed by atoms with Crippen LogP contribution in [-0.2, 0) is 5.41 Å². The number of hydrogen-bond acceptors (Lipinski definition) is 2. The van der Waals surface area contributed by atoms with Gasteiger partial charge in [0, 0.05) is 33.2 Å². The van der Waals surface area contributed by atoms with Crippen molar-refractivity contribution in [2.75, 3.05) is 4.90 Å². The fourth-order valence-corrected chi connectivity index (χ4v) is 7.49. The third kappa shape index (κ3) is 3.96. The first-order chi connectivity index (χ1) is 22.1. The molecule has 1 aromatic heterocycles. The number of para-hydroxylation sites is 1. The molecule has 0 amide bonds. The summed E-state index contributed by atoms with van der Waals surface area (Å²) >= 11 is 0. The maximum atomic E-state index is 6.19. The van der Waals surface area contributed by atoms with Gasteiger partial charge < -0.3 is 9.32 Å². The molecule has 0 N–H and O–H groups in total. The minimum Gasteiger partial charge on any atom is -0.456 e. The van der Waals surface area contributed by atoms with Crippen molar-refractivity contribution in [2.45, 2.75) is 19.3 Å². The van der Waals surface area contributed by atoms with Crippen molar-refractivity contribution < 1.29 is 4.42 Å². The minimum absolute atomic E-state index is 0.0622. The standard InChI is InChI=1S/C43H31NO/c1-43(2)39-14-8-6-12-35(39)37-23-18-30-26-32(21-24-34(30)42(37)43)44(31-19-16-29(17-20-31)28-10-4-3-5-11-28)33-22-25-41-38(27-33)36-13-7-9-15-40(36)45-41/h3-27H,1-2H3. The second kappa shape index (κ2) is 9.70. The van der Waals surface area contributed by atoms with Crippen molar-refractivity contribution in [3.63, 3.8) is 0 Å². The Morgan fingerprint density at radius 2 is 1.13 bits per heavy atom. The number of fused-ring (bicyclic) bond motifs is 8. The topological polar surface area (TPSA) is 16.4 Å². The number of furan rings is 1. The summed E-state index contributed by atoms with van der Waals surface area (Å²) in [4.78, 5) is 2.36. The Balaban J connectivity index is 1.22. The molecule has 0 spiro atoms. The molecule has 2 nitrogen and oxygen atoms in total. The summed E-state index contributed by atoms with van der Waals surface area (Å²) in [6.45, 7) is 4.71. The van der Waals surface area contributed by atoms with Crippen LogP contribution in [0.1, 0.15) is 25.0 Å². The Morgan fingerprint density at radius 1 is 0.467 bits per heavy atom. The van der Waals surface area contributed by atoms with E-state index in [9.17, 15) is 0 Å². The van der Waals surface area contributed by atoms with E-state index < -0.39 is 0 Å². The summed E-state index contributed by atoms with van der Waals surface area (Å²) in [7, 11) is 0. The molecule has 0 saturated heterocycles. The van der Waals surface area contributed by atoms with E-state index in [1.54, 1.807) is 0 Å². The molecule has 0 aliphatic heterocycles. The number of benzene rings is 7. The molecule has 1 aliphatic carbocycles. The highest BCUT2D eigenvalue weighted by Gasteiger charge is 2.36. The fourth-order valence-electron chi connectivity index (χ4n) is 7.49. The third-order valence-electron chi connectivity index (χ3n) is 9.63. The molecule has 0 unspecified atom stereocenters. The molecule has 2 heteroatoms. The van der Waals surface area contributed by atoms with Crippen LogP contribution < -0.4 is 4.90 Å². The number of anilines is 3. The van der Waals surface area contributed by atoms with Gasteiger partial charge in [0.05, 0.1) is 0 Å². The SMILES string of the molecule is CC1(C)c2ccccc2-c2ccc3cc(N(c4ccc(-c5ccccc5)cc4)c4ccc5oc6ccccc6c5c4)ccc3c21. The van der Waals surface area contributed by atoms with Gasteiger partial charge in [0.1, 0.15) is 11.2 Å². The van der Waals surface area contributed by atoms with E-state index in [1.807, 2.05) is 12.1 Å². The summed E-state index contributed by atoms with van der Waals surface area (Å²) in [6.07, 6.45) is 0. The minimum atomic E-state index is -0.0622. The monoisotopic (exact) mass is 577 g/mol. The van der Waals surface area contributed by atoms with E-state index in [4.69, 9.17) is 4.42 Å². The van der Waals surface area contributed by atoms with Gasteiger partial charge in [0.15, 0.2) is 0 Å². The molecular formula is C43H31NO. The number of nitrogens with zero attached hydrogens (tertiary/aromatic N) is 1. The van der Waals surface area contributed by atoms with E-state index in [2.05, 4.69) is 158 Å². The van der Waals surface area contributed by atoms with Crippen molar-refractivity contribution in [1.29, 1.82) is 0 Å². The predicted molar refractivity (Wildman–Crippen MR) is 189 cm³/mol. The zero-order chi connectivity index (χ0) is 30.1. The molecule has 214 valence electrons. The van der Waals surface area contributed by atoms with Gasteiger partial charge in [-0.3, -0.25) is 0 Å². The van der Waals surface area contributed by atoms with Gasteiger partial charge in [0.2, 0.25) is 0 Å². The smallest absolute Gasteiger partial charge is 0.135 e. The van der Waals surface area contributed by atoms with Crippen molar-refractivity contribution in [1.82, 2.24) is 0 Å². The Morgan fingerprint density at radius 3 is 2.00 bits per heavy atom.